The van der Waals surface area contributed by atoms with Crippen LogP contribution < -0.4 is 5.73 Å². The van der Waals surface area contributed by atoms with Gasteiger partial charge in [0.25, 0.3) is 0 Å². The first-order valence-electron chi connectivity index (χ1n) is 4.91. The lowest BCUT2D eigenvalue weighted by molar-refractivity contribution is 0.0601. The summed E-state index contributed by atoms with van der Waals surface area (Å²) in [5.41, 5.74) is 7.64. The lowest BCUT2D eigenvalue weighted by Gasteiger charge is -2.01. The van der Waals surface area contributed by atoms with E-state index >= 15 is 0 Å². The van der Waals surface area contributed by atoms with E-state index in [-0.39, 0.29) is 5.97 Å². The number of rotatable bonds is 1. The number of carbonyl (C=O) groups excluding carboxylic acids is 1. The minimum absolute atomic E-state index is 0.381. The number of nitrogens with two attached hydrogens (primary N) is 1. The molecule has 6 nitrogen and oxygen atoms in total. The zero-order chi connectivity index (χ0) is 13.7. The molecule has 0 amide bonds. The fourth-order valence-electron chi connectivity index (χ4n) is 1.43. The van der Waals surface area contributed by atoms with Gasteiger partial charge in [0.15, 0.2) is 0 Å². The average molecular weight is 269 g/mol. The molecule has 0 radical (unpaired) electrons. The molecule has 0 saturated heterocycles. The van der Waals surface area contributed by atoms with Gasteiger partial charge in [0, 0.05) is 22.8 Å². The van der Waals surface area contributed by atoms with Crippen LogP contribution in [0.15, 0.2) is 24.4 Å². The van der Waals surface area contributed by atoms with Gasteiger partial charge in [-0.25, -0.2) is 4.79 Å². The Hall–Kier alpha value is -1.86. The van der Waals surface area contributed by atoms with E-state index in [2.05, 4.69) is 9.72 Å². The number of hydrogen-bond donors (Lipinski definition) is 2. The Labute approximate surface area is 106 Å². The van der Waals surface area contributed by atoms with Gasteiger partial charge in [0.1, 0.15) is 0 Å². The monoisotopic (exact) mass is 269 g/mol. The first-order valence-corrected chi connectivity index (χ1v) is 6.40. The zero-order valence-corrected chi connectivity index (χ0v) is 10.7. The molecule has 0 saturated carbocycles. The highest BCUT2D eigenvalue weighted by atomic mass is 32.2. The summed E-state index contributed by atoms with van der Waals surface area (Å²) in [6.07, 6.45) is 2.86. The van der Waals surface area contributed by atoms with Crippen LogP contribution in [0.1, 0.15) is 10.4 Å². The average Bonchev–Trinajstić information content (AvgIpc) is 2.75. The highest BCUT2D eigenvalue weighted by Crippen LogP contribution is 2.22. The number of nitrogen functional groups attached to an aromatic ring is 1. The van der Waals surface area contributed by atoms with Crippen LogP contribution in [0.5, 0.6) is 0 Å². The molecular formula is C11H13N2O4S-. The molecule has 0 aliphatic heterocycles. The van der Waals surface area contributed by atoms with Gasteiger partial charge in [0.05, 0.1) is 12.7 Å². The summed E-state index contributed by atoms with van der Waals surface area (Å²) in [6, 6.07) is 5.20. The number of H-pyrrole nitrogens is 1. The predicted octanol–water partition coefficient (Wildman–Crippen LogP) is 1.03. The van der Waals surface area contributed by atoms with Gasteiger partial charge in [-0.2, -0.15) is 0 Å². The molecular weight excluding hydrogens is 256 g/mol. The van der Waals surface area contributed by atoms with Crippen LogP contribution in [0.4, 0.5) is 5.69 Å². The summed E-state index contributed by atoms with van der Waals surface area (Å²) < 4.78 is 22.6. The molecule has 7 heteroatoms. The summed E-state index contributed by atoms with van der Waals surface area (Å²) in [4.78, 5) is 14.2. The van der Waals surface area contributed by atoms with Crippen molar-refractivity contribution in [3.8, 4) is 0 Å². The summed E-state index contributed by atoms with van der Waals surface area (Å²) in [7, 11) is 1.34. The van der Waals surface area contributed by atoms with Crippen molar-refractivity contribution < 1.29 is 18.3 Å². The van der Waals surface area contributed by atoms with Crippen molar-refractivity contribution >= 4 is 33.6 Å². The first-order chi connectivity index (χ1) is 8.45. The van der Waals surface area contributed by atoms with E-state index in [0.29, 0.717) is 11.3 Å². The van der Waals surface area contributed by atoms with Gasteiger partial charge >= 0.3 is 5.97 Å². The molecule has 0 aliphatic rings. The third-order valence-electron chi connectivity index (χ3n) is 2.12. The Kier molecular flexibility index (Phi) is 4.87. The number of esters is 1. The molecule has 0 bridgehead atoms. The number of methoxy groups -OCH3 is 1. The molecule has 0 spiro atoms. The normalized spacial score (nSPS) is 11.5. The van der Waals surface area contributed by atoms with E-state index in [9.17, 15) is 4.79 Å². The fraction of sp³-hybridized carbons (Fsp3) is 0.182. The van der Waals surface area contributed by atoms with E-state index in [1.807, 2.05) is 6.07 Å². The first kappa shape index (κ1) is 14.2. The van der Waals surface area contributed by atoms with Crippen molar-refractivity contribution in [3.05, 3.63) is 30.0 Å². The standard InChI is InChI=1S/C10H10N2O2.CH4O2S/c1-14-10(13)6-4-8(11)7-2-3-12-9(7)5-6;1-4(2)3/h2-5,12H,11H2,1H3;1H3,(H,2,3)/p-1. The molecule has 1 aromatic carbocycles. The minimum Gasteiger partial charge on any atom is -0.773 e. The van der Waals surface area contributed by atoms with E-state index in [4.69, 9.17) is 14.5 Å². The van der Waals surface area contributed by atoms with Gasteiger partial charge in [0.2, 0.25) is 0 Å². The number of nitrogens with one attached hydrogen (secondary N) is 1. The van der Waals surface area contributed by atoms with Crippen LogP contribution >= 0.6 is 0 Å². The Morgan fingerprint density at radius 1 is 1.50 bits per heavy atom. The molecule has 3 N–H and O–H groups in total. The van der Waals surface area contributed by atoms with Gasteiger partial charge in [-0.3, -0.25) is 4.21 Å². The number of aromatic amines is 1. The molecule has 98 valence electrons. The summed E-state index contributed by atoms with van der Waals surface area (Å²) in [6.45, 7) is 0. The minimum atomic E-state index is -1.86. The Balaban J connectivity index is 0.000000357. The molecule has 0 fully saturated rings. The Morgan fingerprint density at radius 3 is 2.67 bits per heavy atom. The van der Waals surface area contributed by atoms with Crippen molar-refractivity contribution in [2.45, 2.75) is 0 Å². The molecule has 2 rings (SSSR count). The van der Waals surface area contributed by atoms with Crippen LogP contribution in [-0.4, -0.2) is 33.1 Å². The van der Waals surface area contributed by atoms with E-state index in [1.54, 1.807) is 18.3 Å². The summed E-state index contributed by atoms with van der Waals surface area (Å²) in [5.74, 6) is -0.381. The third kappa shape index (κ3) is 3.57. The number of anilines is 1. The van der Waals surface area contributed by atoms with Crippen molar-refractivity contribution in [2.75, 3.05) is 19.1 Å². The van der Waals surface area contributed by atoms with Crippen molar-refractivity contribution in [1.29, 1.82) is 0 Å². The third-order valence-corrected chi connectivity index (χ3v) is 2.12. The van der Waals surface area contributed by atoms with Crippen LogP contribution in [0.3, 0.4) is 0 Å². The molecule has 1 unspecified atom stereocenters. The van der Waals surface area contributed by atoms with Gasteiger partial charge in [-0.05, 0) is 24.5 Å². The van der Waals surface area contributed by atoms with Gasteiger partial charge < -0.3 is 20.0 Å². The SMILES string of the molecule is COC(=O)c1cc(N)c2cc[nH]c2c1.CS(=O)[O-]. The topological polar surface area (TPSA) is 108 Å². The summed E-state index contributed by atoms with van der Waals surface area (Å²) in [5, 5.41) is 0.914. The number of aromatic nitrogens is 1. The largest absolute Gasteiger partial charge is 0.773 e. The zero-order valence-electron chi connectivity index (χ0n) is 9.93. The van der Waals surface area contributed by atoms with Crippen LogP contribution in [0.2, 0.25) is 0 Å². The lowest BCUT2D eigenvalue weighted by atomic mass is 10.1. The maximum absolute atomic E-state index is 11.2. The van der Waals surface area contributed by atoms with Crippen molar-refractivity contribution in [3.63, 3.8) is 0 Å². The highest BCUT2D eigenvalue weighted by molar-refractivity contribution is 7.78. The van der Waals surface area contributed by atoms with Crippen LogP contribution in [0, 0.1) is 0 Å². The van der Waals surface area contributed by atoms with E-state index in [0.717, 1.165) is 17.2 Å². The fourth-order valence-corrected chi connectivity index (χ4v) is 1.43. The molecule has 2 aromatic rings. The number of ether oxygens (including phenoxy) is 1. The number of hydrogen-bond acceptors (Lipinski definition) is 5. The van der Waals surface area contributed by atoms with Gasteiger partial charge in [-0.1, -0.05) is 11.1 Å². The van der Waals surface area contributed by atoms with Crippen molar-refractivity contribution in [2.24, 2.45) is 0 Å². The maximum Gasteiger partial charge on any atom is 0.337 e. The van der Waals surface area contributed by atoms with E-state index < -0.39 is 11.1 Å². The van der Waals surface area contributed by atoms with Crippen LogP contribution in [0.25, 0.3) is 10.9 Å². The molecule has 0 aliphatic carbocycles. The maximum atomic E-state index is 11.2. The molecule has 1 aromatic heterocycles. The Bertz CT molecular complexity index is 575. The second-order valence-electron chi connectivity index (χ2n) is 3.40. The highest BCUT2D eigenvalue weighted by Gasteiger charge is 2.08. The molecule has 1 atom stereocenters. The van der Waals surface area contributed by atoms with Crippen molar-refractivity contribution in [1.82, 2.24) is 4.98 Å². The second kappa shape index (κ2) is 6.18. The predicted molar refractivity (Wildman–Crippen MR) is 68.9 cm³/mol. The molecule has 18 heavy (non-hydrogen) atoms. The molecule has 1 heterocycles. The second-order valence-corrected chi connectivity index (χ2v) is 4.20. The number of carbonyl (C=O) groups is 1. The number of fused-ring (bicyclic) bond motifs is 1. The lowest BCUT2D eigenvalue weighted by Crippen LogP contribution is -2.02. The summed E-state index contributed by atoms with van der Waals surface area (Å²) >= 11 is -1.86. The van der Waals surface area contributed by atoms with Crippen LogP contribution in [-0.2, 0) is 15.8 Å². The Morgan fingerprint density at radius 2 is 2.11 bits per heavy atom. The quantitative estimate of drug-likeness (QED) is 0.456. The van der Waals surface area contributed by atoms with Gasteiger partial charge in [-0.15, -0.1) is 0 Å². The van der Waals surface area contributed by atoms with E-state index in [1.165, 1.54) is 7.11 Å². The smallest absolute Gasteiger partial charge is 0.337 e. The number of benzene rings is 1.